The molecular weight excluding hydrogens is 336 g/mol. The van der Waals surface area contributed by atoms with E-state index in [-0.39, 0.29) is 6.61 Å². The molecule has 0 spiro atoms. The Labute approximate surface area is 141 Å². The molecule has 0 fully saturated rings. The van der Waals surface area contributed by atoms with E-state index in [2.05, 4.69) is 4.98 Å². The van der Waals surface area contributed by atoms with Gasteiger partial charge in [0.2, 0.25) is 0 Å². The highest BCUT2D eigenvalue weighted by Gasteiger charge is 2.09. The van der Waals surface area contributed by atoms with Crippen LogP contribution < -0.4 is 4.74 Å². The first-order chi connectivity index (χ1) is 11.2. The van der Waals surface area contributed by atoms with Crippen molar-refractivity contribution in [2.75, 3.05) is 7.11 Å². The number of carbonyl (C=O) groups excluding carboxylic acids is 1. The number of imidazole rings is 1. The Morgan fingerprint density at radius 2 is 2.26 bits per heavy atom. The van der Waals surface area contributed by atoms with Crippen LogP contribution in [0.15, 0.2) is 41.9 Å². The molecule has 2 heterocycles. The van der Waals surface area contributed by atoms with E-state index >= 15 is 0 Å². The molecule has 0 saturated carbocycles. The van der Waals surface area contributed by atoms with Crippen molar-refractivity contribution in [2.24, 2.45) is 0 Å². The summed E-state index contributed by atoms with van der Waals surface area (Å²) in [6, 6.07) is 7.38. The molecule has 0 radical (unpaired) electrons. The molecule has 1 aromatic carbocycles. The maximum atomic E-state index is 11.9. The van der Waals surface area contributed by atoms with Crippen molar-refractivity contribution in [1.82, 2.24) is 9.38 Å². The topological polar surface area (TPSA) is 52.8 Å². The van der Waals surface area contributed by atoms with Gasteiger partial charge in [-0.25, -0.2) is 9.78 Å². The van der Waals surface area contributed by atoms with Gasteiger partial charge in [-0.05, 0) is 12.1 Å². The standard InChI is InChI=1S/C16H13ClN2O3S/c1-21-13-5-3-2-4-11(13)10-22-14(20)7-6-12-15(17)18-16-19(12)8-9-23-16/h2-9H,10H2,1H3/b7-6+. The summed E-state index contributed by atoms with van der Waals surface area (Å²) < 4.78 is 12.3. The minimum Gasteiger partial charge on any atom is -0.496 e. The number of rotatable bonds is 5. The zero-order valence-corrected chi connectivity index (χ0v) is 13.8. The van der Waals surface area contributed by atoms with Crippen molar-refractivity contribution >= 4 is 39.9 Å². The second kappa shape index (κ2) is 6.85. The maximum absolute atomic E-state index is 11.9. The normalized spacial score (nSPS) is 11.2. The second-order valence-electron chi connectivity index (χ2n) is 4.60. The van der Waals surface area contributed by atoms with Gasteiger partial charge in [0, 0.05) is 23.2 Å². The quantitative estimate of drug-likeness (QED) is 0.519. The minimum absolute atomic E-state index is 0.140. The number of aromatic nitrogens is 2. The Bertz CT molecular complexity index is 869. The van der Waals surface area contributed by atoms with Crippen molar-refractivity contribution in [3.05, 3.63) is 58.3 Å². The number of fused-ring (bicyclic) bond motifs is 1. The fourth-order valence-corrected chi connectivity index (χ4v) is 3.10. The lowest BCUT2D eigenvalue weighted by atomic mass is 10.2. The van der Waals surface area contributed by atoms with E-state index in [1.54, 1.807) is 13.2 Å². The van der Waals surface area contributed by atoms with E-state index in [0.29, 0.717) is 16.6 Å². The number of thiazole rings is 1. The number of benzene rings is 1. The van der Waals surface area contributed by atoms with Gasteiger partial charge < -0.3 is 9.47 Å². The van der Waals surface area contributed by atoms with Gasteiger partial charge in [0.15, 0.2) is 10.1 Å². The lowest BCUT2D eigenvalue weighted by Crippen LogP contribution is -2.02. The molecule has 0 aliphatic rings. The van der Waals surface area contributed by atoms with Crippen LogP contribution in [0.3, 0.4) is 0 Å². The third kappa shape index (κ3) is 3.38. The summed E-state index contributed by atoms with van der Waals surface area (Å²) in [6.45, 7) is 0.140. The summed E-state index contributed by atoms with van der Waals surface area (Å²) in [4.78, 5) is 16.8. The zero-order valence-electron chi connectivity index (χ0n) is 12.2. The van der Waals surface area contributed by atoms with Crippen molar-refractivity contribution in [2.45, 2.75) is 6.61 Å². The molecule has 0 atom stereocenters. The molecule has 118 valence electrons. The molecule has 0 saturated heterocycles. The highest BCUT2D eigenvalue weighted by Crippen LogP contribution is 2.22. The number of carbonyl (C=O) groups is 1. The van der Waals surface area contributed by atoms with Crippen LogP contribution in [0.1, 0.15) is 11.3 Å². The van der Waals surface area contributed by atoms with Crippen LogP contribution in [-0.4, -0.2) is 22.5 Å². The summed E-state index contributed by atoms with van der Waals surface area (Å²) in [5.41, 5.74) is 1.46. The number of ether oxygens (including phenoxy) is 2. The first-order valence-corrected chi connectivity index (χ1v) is 8.02. The van der Waals surface area contributed by atoms with Gasteiger partial charge >= 0.3 is 5.97 Å². The molecule has 0 aliphatic carbocycles. The minimum atomic E-state index is -0.461. The molecule has 0 aliphatic heterocycles. The summed E-state index contributed by atoms with van der Waals surface area (Å²) in [7, 11) is 1.58. The summed E-state index contributed by atoms with van der Waals surface area (Å²) in [5.74, 6) is 0.222. The lowest BCUT2D eigenvalue weighted by Gasteiger charge is -2.07. The Hall–Kier alpha value is -2.31. The third-order valence-electron chi connectivity index (χ3n) is 3.19. The average molecular weight is 349 g/mol. The molecule has 2 aromatic heterocycles. The molecule has 3 aromatic rings. The molecule has 0 unspecified atom stereocenters. The summed E-state index contributed by atoms with van der Waals surface area (Å²) in [5, 5.41) is 2.25. The Balaban J connectivity index is 1.67. The Kier molecular flexibility index (Phi) is 4.64. The van der Waals surface area contributed by atoms with Gasteiger partial charge in [0.05, 0.1) is 12.8 Å². The largest absolute Gasteiger partial charge is 0.496 e. The number of hydrogen-bond acceptors (Lipinski definition) is 5. The predicted molar refractivity (Wildman–Crippen MR) is 89.9 cm³/mol. The predicted octanol–water partition coefficient (Wildman–Crippen LogP) is 3.81. The van der Waals surface area contributed by atoms with Crippen LogP contribution in [0.4, 0.5) is 0 Å². The van der Waals surface area contributed by atoms with Crippen molar-refractivity contribution in [3.8, 4) is 5.75 Å². The smallest absolute Gasteiger partial charge is 0.331 e. The average Bonchev–Trinajstić information content (AvgIpc) is 3.12. The molecule has 7 heteroatoms. The number of para-hydroxylation sites is 1. The lowest BCUT2D eigenvalue weighted by molar-refractivity contribution is -0.138. The van der Waals surface area contributed by atoms with E-state index in [4.69, 9.17) is 21.1 Å². The van der Waals surface area contributed by atoms with Crippen LogP contribution in [0.25, 0.3) is 11.0 Å². The number of methoxy groups -OCH3 is 1. The zero-order chi connectivity index (χ0) is 16.2. The van der Waals surface area contributed by atoms with E-state index in [1.807, 2.05) is 40.2 Å². The van der Waals surface area contributed by atoms with E-state index in [0.717, 1.165) is 10.5 Å². The number of nitrogens with zero attached hydrogens (tertiary/aromatic N) is 2. The Morgan fingerprint density at radius 3 is 3.09 bits per heavy atom. The van der Waals surface area contributed by atoms with E-state index < -0.39 is 5.97 Å². The van der Waals surface area contributed by atoms with Gasteiger partial charge in [-0.3, -0.25) is 4.40 Å². The molecule has 0 N–H and O–H groups in total. The number of halogens is 1. The fraction of sp³-hybridized carbons (Fsp3) is 0.125. The molecular formula is C16H13ClN2O3S. The van der Waals surface area contributed by atoms with E-state index in [1.165, 1.54) is 17.4 Å². The molecule has 0 bridgehead atoms. The highest BCUT2D eigenvalue weighted by molar-refractivity contribution is 7.15. The summed E-state index contributed by atoms with van der Waals surface area (Å²) in [6.07, 6.45) is 4.78. The van der Waals surface area contributed by atoms with Crippen LogP contribution in [-0.2, 0) is 16.1 Å². The number of hydrogen-bond donors (Lipinski definition) is 0. The van der Waals surface area contributed by atoms with Gasteiger partial charge in [0.25, 0.3) is 0 Å². The highest BCUT2D eigenvalue weighted by atomic mass is 35.5. The second-order valence-corrected chi connectivity index (χ2v) is 5.83. The van der Waals surface area contributed by atoms with Gasteiger partial charge in [-0.15, -0.1) is 11.3 Å². The van der Waals surface area contributed by atoms with Crippen molar-refractivity contribution < 1.29 is 14.3 Å². The molecule has 3 rings (SSSR count). The van der Waals surface area contributed by atoms with Crippen molar-refractivity contribution in [1.29, 1.82) is 0 Å². The Morgan fingerprint density at radius 1 is 1.43 bits per heavy atom. The first kappa shape index (κ1) is 15.6. The monoisotopic (exact) mass is 348 g/mol. The third-order valence-corrected chi connectivity index (χ3v) is 4.23. The van der Waals surface area contributed by atoms with Crippen LogP contribution >= 0.6 is 22.9 Å². The van der Waals surface area contributed by atoms with E-state index in [9.17, 15) is 4.79 Å². The molecule has 0 amide bonds. The molecule has 23 heavy (non-hydrogen) atoms. The van der Waals surface area contributed by atoms with Gasteiger partial charge in [-0.2, -0.15) is 0 Å². The van der Waals surface area contributed by atoms with Crippen LogP contribution in [0.2, 0.25) is 5.15 Å². The van der Waals surface area contributed by atoms with Crippen molar-refractivity contribution in [3.63, 3.8) is 0 Å². The number of esters is 1. The van der Waals surface area contributed by atoms with Crippen LogP contribution in [0, 0.1) is 0 Å². The van der Waals surface area contributed by atoms with Gasteiger partial charge in [-0.1, -0.05) is 29.8 Å². The first-order valence-electron chi connectivity index (χ1n) is 6.77. The summed E-state index contributed by atoms with van der Waals surface area (Å²) >= 11 is 7.53. The van der Waals surface area contributed by atoms with Gasteiger partial charge in [0.1, 0.15) is 12.4 Å². The van der Waals surface area contributed by atoms with Crippen LogP contribution in [0.5, 0.6) is 5.75 Å². The SMILES string of the molecule is COc1ccccc1COC(=O)/C=C/c1c(Cl)nc2sccn12. The fourth-order valence-electron chi connectivity index (χ4n) is 2.09. The molecule has 5 nitrogen and oxygen atoms in total. The maximum Gasteiger partial charge on any atom is 0.331 e.